The number of benzene rings is 1. The molecular weight excluding hydrogens is 482 g/mol. The summed E-state index contributed by atoms with van der Waals surface area (Å²) in [7, 11) is 0. The standard InChI is InChI=1S/C33H39N5O/c1-32(2,3)38-16-14-37(15-17-38)23-24-9-11-25(12-10-24)27-18-28(22-34-21-27)26-19-30(29-8-6-7-13-35-29)36-31(20-26)33(4,5)39/h6-13,18-22,39H,14-17,23H2,1-5H3. The van der Waals surface area contributed by atoms with Crippen LogP contribution in [0, 0.1) is 0 Å². The van der Waals surface area contributed by atoms with Gasteiger partial charge in [-0.15, -0.1) is 0 Å². The quantitative estimate of drug-likeness (QED) is 0.335. The highest BCUT2D eigenvalue weighted by atomic mass is 16.3. The number of aliphatic hydroxyl groups is 1. The van der Waals surface area contributed by atoms with E-state index in [0.717, 1.165) is 66.4 Å². The van der Waals surface area contributed by atoms with E-state index in [4.69, 9.17) is 4.98 Å². The molecule has 1 aliphatic heterocycles. The van der Waals surface area contributed by atoms with Crippen LogP contribution in [0.2, 0.25) is 0 Å². The van der Waals surface area contributed by atoms with Crippen LogP contribution in [0.15, 0.2) is 79.3 Å². The van der Waals surface area contributed by atoms with E-state index < -0.39 is 5.60 Å². The molecule has 0 saturated carbocycles. The predicted molar refractivity (Wildman–Crippen MR) is 158 cm³/mol. The van der Waals surface area contributed by atoms with Crippen molar-refractivity contribution in [3.63, 3.8) is 0 Å². The highest BCUT2D eigenvalue weighted by Crippen LogP contribution is 2.31. The molecule has 0 bridgehead atoms. The third-order valence-electron chi connectivity index (χ3n) is 7.47. The second kappa shape index (κ2) is 11.0. The van der Waals surface area contributed by atoms with Crippen LogP contribution in [0.1, 0.15) is 45.9 Å². The van der Waals surface area contributed by atoms with Crippen molar-refractivity contribution >= 4 is 0 Å². The Hall–Kier alpha value is -3.45. The summed E-state index contributed by atoms with van der Waals surface area (Å²) in [6, 6.07) is 20.7. The summed E-state index contributed by atoms with van der Waals surface area (Å²) >= 11 is 0. The van der Waals surface area contributed by atoms with Gasteiger partial charge in [0.1, 0.15) is 5.60 Å². The fourth-order valence-electron chi connectivity index (χ4n) is 5.05. The van der Waals surface area contributed by atoms with E-state index in [1.807, 2.05) is 42.7 Å². The summed E-state index contributed by atoms with van der Waals surface area (Å²) in [4.78, 5) is 18.9. The van der Waals surface area contributed by atoms with Gasteiger partial charge in [-0.1, -0.05) is 30.3 Å². The van der Waals surface area contributed by atoms with E-state index in [9.17, 15) is 5.11 Å². The normalized spacial score (nSPS) is 15.4. The van der Waals surface area contributed by atoms with Crippen molar-refractivity contribution in [2.75, 3.05) is 26.2 Å². The lowest BCUT2D eigenvalue weighted by molar-refractivity contribution is 0.0591. The average molecular weight is 522 g/mol. The molecule has 0 unspecified atom stereocenters. The maximum atomic E-state index is 10.8. The molecule has 1 aliphatic rings. The summed E-state index contributed by atoms with van der Waals surface area (Å²) in [5.74, 6) is 0. The summed E-state index contributed by atoms with van der Waals surface area (Å²) in [5.41, 5.74) is 6.68. The predicted octanol–water partition coefficient (Wildman–Crippen LogP) is 6.02. The van der Waals surface area contributed by atoms with E-state index in [0.29, 0.717) is 5.69 Å². The molecule has 39 heavy (non-hydrogen) atoms. The smallest absolute Gasteiger partial charge is 0.101 e. The van der Waals surface area contributed by atoms with Crippen molar-refractivity contribution in [2.24, 2.45) is 0 Å². The number of piperazine rings is 1. The first-order valence-corrected chi connectivity index (χ1v) is 13.7. The molecule has 4 aromatic rings. The van der Waals surface area contributed by atoms with Gasteiger partial charge in [-0.2, -0.15) is 0 Å². The Morgan fingerprint density at radius 2 is 1.44 bits per heavy atom. The van der Waals surface area contributed by atoms with Crippen LogP contribution >= 0.6 is 0 Å². The van der Waals surface area contributed by atoms with E-state index in [-0.39, 0.29) is 5.54 Å². The van der Waals surface area contributed by atoms with E-state index in [1.165, 1.54) is 5.56 Å². The molecular formula is C33H39N5O. The fourth-order valence-corrected chi connectivity index (χ4v) is 5.05. The van der Waals surface area contributed by atoms with Gasteiger partial charge in [-0.05, 0) is 81.6 Å². The molecule has 5 rings (SSSR count). The molecule has 1 N–H and O–H groups in total. The van der Waals surface area contributed by atoms with Crippen LogP contribution in [0.5, 0.6) is 0 Å². The molecule has 6 nitrogen and oxygen atoms in total. The Bertz CT molecular complexity index is 1400. The van der Waals surface area contributed by atoms with Gasteiger partial charge in [0.05, 0.1) is 17.1 Å². The Morgan fingerprint density at radius 3 is 2.05 bits per heavy atom. The third kappa shape index (κ3) is 6.59. The molecule has 0 radical (unpaired) electrons. The monoisotopic (exact) mass is 521 g/mol. The Labute approximate surface area is 232 Å². The fraction of sp³-hybridized carbons (Fsp3) is 0.364. The average Bonchev–Trinajstić information content (AvgIpc) is 2.93. The lowest BCUT2D eigenvalue weighted by atomic mass is 9.97. The van der Waals surface area contributed by atoms with Gasteiger partial charge in [0.15, 0.2) is 0 Å². The summed E-state index contributed by atoms with van der Waals surface area (Å²) in [6.07, 6.45) is 5.52. The molecule has 0 amide bonds. The lowest BCUT2D eigenvalue weighted by Gasteiger charge is -2.42. The summed E-state index contributed by atoms with van der Waals surface area (Å²) in [5, 5.41) is 10.8. The zero-order chi connectivity index (χ0) is 27.6. The molecule has 1 fully saturated rings. The number of hydrogen-bond donors (Lipinski definition) is 1. The van der Waals surface area contributed by atoms with Gasteiger partial charge in [0.25, 0.3) is 0 Å². The van der Waals surface area contributed by atoms with Gasteiger partial charge in [0, 0.05) is 68.0 Å². The lowest BCUT2D eigenvalue weighted by Crippen LogP contribution is -2.53. The second-order valence-electron chi connectivity index (χ2n) is 12.0. The van der Waals surface area contributed by atoms with Gasteiger partial charge in [-0.25, -0.2) is 4.98 Å². The number of hydrogen-bond acceptors (Lipinski definition) is 6. The Kier molecular flexibility index (Phi) is 7.63. The molecule has 1 saturated heterocycles. The van der Waals surface area contributed by atoms with Crippen molar-refractivity contribution in [1.82, 2.24) is 24.8 Å². The van der Waals surface area contributed by atoms with E-state index >= 15 is 0 Å². The number of aromatic nitrogens is 3. The zero-order valence-corrected chi connectivity index (χ0v) is 23.7. The zero-order valence-electron chi connectivity index (χ0n) is 23.7. The molecule has 3 aromatic heterocycles. The third-order valence-corrected chi connectivity index (χ3v) is 7.47. The van der Waals surface area contributed by atoms with Crippen molar-refractivity contribution in [2.45, 2.75) is 52.3 Å². The molecule has 4 heterocycles. The Balaban J connectivity index is 1.36. The molecule has 0 spiro atoms. The number of nitrogens with zero attached hydrogens (tertiary/aromatic N) is 5. The van der Waals surface area contributed by atoms with E-state index in [2.05, 4.69) is 70.9 Å². The minimum absolute atomic E-state index is 0.239. The van der Waals surface area contributed by atoms with Crippen LogP contribution < -0.4 is 0 Å². The number of pyridine rings is 3. The van der Waals surface area contributed by atoms with Crippen molar-refractivity contribution in [3.05, 3.63) is 90.5 Å². The van der Waals surface area contributed by atoms with Crippen molar-refractivity contribution < 1.29 is 5.11 Å². The van der Waals surface area contributed by atoms with Crippen LogP contribution in [0.3, 0.4) is 0 Å². The summed E-state index contributed by atoms with van der Waals surface area (Å²) in [6.45, 7) is 15.8. The van der Waals surface area contributed by atoms with Gasteiger partial charge < -0.3 is 5.11 Å². The van der Waals surface area contributed by atoms with Gasteiger partial charge in [-0.3, -0.25) is 19.8 Å². The highest BCUT2D eigenvalue weighted by molar-refractivity contribution is 5.74. The maximum absolute atomic E-state index is 10.8. The van der Waals surface area contributed by atoms with E-state index in [1.54, 1.807) is 20.0 Å². The Morgan fingerprint density at radius 1 is 0.744 bits per heavy atom. The highest BCUT2D eigenvalue weighted by Gasteiger charge is 2.25. The van der Waals surface area contributed by atoms with Crippen LogP contribution in [-0.2, 0) is 12.1 Å². The van der Waals surface area contributed by atoms with Crippen LogP contribution in [0.4, 0.5) is 0 Å². The SMILES string of the molecule is CC(C)(O)c1cc(-c2cncc(-c3ccc(CN4CCN(C(C)(C)C)CC4)cc3)c2)cc(-c2ccccn2)n1. The molecule has 0 atom stereocenters. The topological polar surface area (TPSA) is 65.4 Å². The first-order chi connectivity index (χ1) is 18.6. The largest absolute Gasteiger partial charge is 0.384 e. The van der Waals surface area contributed by atoms with Crippen molar-refractivity contribution in [1.29, 1.82) is 0 Å². The van der Waals surface area contributed by atoms with Crippen molar-refractivity contribution in [3.8, 4) is 33.6 Å². The first-order valence-electron chi connectivity index (χ1n) is 13.7. The molecule has 0 aliphatic carbocycles. The molecule has 202 valence electrons. The number of rotatable bonds is 6. The molecule has 1 aromatic carbocycles. The minimum Gasteiger partial charge on any atom is -0.384 e. The van der Waals surface area contributed by atoms with Gasteiger partial charge in [0.2, 0.25) is 0 Å². The first kappa shape index (κ1) is 27.1. The van der Waals surface area contributed by atoms with Crippen LogP contribution in [-0.4, -0.2) is 61.6 Å². The second-order valence-corrected chi connectivity index (χ2v) is 12.0. The molecule has 6 heteroatoms. The van der Waals surface area contributed by atoms with Crippen LogP contribution in [0.25, 0.3) is 33.6 Å². The minimum atomic E-state index is -1.08. The maximum Gasteiger partial charge on any atom is 0.101 e. The summed E-state index contributed by atoms with van der Waals surface area (Å²) < 4.78 is 0. The van der Waals surface area contributed by atoms with Gasteiger partial charge >= 0.3 is 0 Å².